The second kappa shape index (κ2) is 8.07. The topological polar surface area (TPSA) is 26.3 Å². The van der Waals surface area contributed by atoms with E-state index in [2.05, 4.69) is 12.1 Å². The van der Waals surface area contributed by atoms with Crippen molar-refractivity contribution >= 4 is 5.78 Å². The molecule has 0 spiro atoms. The SMILES string of the molecule is O=C1CC(C2CCCCC2)CC1Cc1ccc(Oc2ccccc2)cc1. The van der Waals surface area contributed by atoms with E-state index in [1.807, 2.05) is 42.5 Å². The van der Waals surface area contributed by atoms with Crippen molar-refractivity contribution in [3.8, 4) is 11.5 Å². The molecular formula is C24H28O2. The van der Waals surface area contributed by atoms with Gasteiger partial charge in [-0.1, -0.05) is 62.4 Å². The van der Waals surface area contributed by atoms with Crippen LogP contribution >= 0.6 is 0 Å². The summed E-state index contributed by atoms with van der Waals surface area (Å²) in [5, 5.41) is 0. The molecule has 0 heterocycles. The van der Waals surface area contributed by atoms with Crippen molar-refractivity contribution in [3.63, 3.8) is 0 Å². The van der Waals surface area contributed by atoms with Crippen molar-refractivity contribution in [2.45, 2.75) is 51.4 Å². The lowest BCUT2D eigenvalue weighted by Gasteiger charge is -2.27. The predicted octanol–water partition coefficient (Wildman–Crippen LogP) is 6.20. The Balaban J connectivity index is 1.34. The van der Waals surface area contributed by atoms with Gasteiger partial charge in [-0.2, -0.15) is 0 Å². The Morgan fingerprint density at radius 2 is 1.50 bits per heavy atom. The number of carbonyl (C=O) groups is 1. The molecule has 2 aromatic carbocycles. The summed E-state index contributed by atoms with van der Waals surface area (Å²) in [4.78, 5) is 12.5. The van der Waals surface area contributed by atoms with Crippen LogP contribution in [0.15, 0.2) is 54.6 Å². The Morgan fingerprint density at radius 3 is 2.23 bits per heavy atom. The maximum Gasteiger partial charge on any atom is 0.136 e. The van der Waals surface area contributed by atoms with Gasteiger partial charge in [0.1, 0.15) is 17.3 Å². The average Bonchev–Trinajstić information content (AvgIpc) is 3.05. The molecule has 26 heavy (non-hydrogen) atoms. The summed E-state index contributed by atoms with van der Waals surface area (Å²) < 4.78 is 5.85. The second-order valence-electron chi connectivity index (χ2n) is 8.02. The van der Waals surface area contributed by atoms with Crippen molar-refractivity contribution < 1.29 is 9.53 Å². The number of ether oxygens (including phenoxy) is 1. The lowest BCUT2D eigenvalue weighted by Crippen LogP contribution is -2.15. The van der Waals surface area contributed by atoms with Gasteiger partial charge in [-0.25, -0.2) is 0 Å². The minimum atomic E-state index is 0.225. The molecule has 0 N–H and O–H groups in total. The zero-order valence-electron chi connectivity index (χ0n) is 15.4. The quantitative estimate of drug-likeness (QED) is 0.643. The molecule has 2 heteroatoms. The van der Waals surface area contributed by atoms with Gasteiger partial charge in [-0.05, 0) is 54.5 Å². The number of benzene rings is 2. The van der Waals surface area contributed by atoms with Crippen molar-refractivity contribution in [3.05, 3.63) is 60.2 Å². The van der Waals surface area contributed by atoms with E-state index < -0.39 is 0 Å². The molecule has 136 valence electrons. The summed E-state index contributed by atoms with van der Waals surface area (Å²) in [7, 11) is 0. The maximum atomic E-state index is 12.5. The maximum absolute atomic E-state index is 12.5. The highest BCUT2D eigenvalue weighted by Crippen LogP contribution is 2.41. The van der Waals surface area contributed by atoms with Crippen molar-refractivity contribution in [2.75, 3.05) is 0 Å². The van der Waals surface area contributed by atoms with Crippen LogP contribution < -0.4 is 4.74 Å². The fourth-order valence-electron chi connectivity index (χ4n) is 4.77. The van der Waals surface area contributed by atoms with Crippen LogP contribution in [0.5, 0.6) is 11.5 Å². The van der Waals surface area contributed by atoms with E-state index in [1.54, 1.807) is 0 Å². The molecule has 2 aliphatic rings. The summed E-state index contributed by atoms with van der Waals surface area (Å²) >= 11 is 0. The Labute approximate surface area is 156 Å². The Bertz CT molecular complexity index is 714. The molecule has 0 bridgehead atoms. The van der Waals surface area contributed by atoms with Gasteiger partial charge in [-0.3, -0.25) is 4.79 Å². The molecule has 0 radical (unpaired) electrons. The number of hydrogen-bond donors (Lipinski definition) is 0. The number of Topliss-reactive ketones (excluding diaryl/α,β-unsaturated/α-hetero) is 1. The predicted molar refractivity (Wildman–Crippen MR) is 104 cm³/mol. The van der Waals surface area contributed by atoms with E-state index in [0.717, 1.165) is 36.7 Å². The summed E-state index contributed by atoms with van der Waals surface area (Å²) in [6, 6.07) is 18.1. The van der Waals surface area contributed by atoms with Crippen LogP contribution in [0.25, 0.3) is 0 Å². The Morgan fingerprint density at radius 1 is 0.808 bits per heavy atom. The zero-order valence-corrected chi connectivity index (χ0v) is 15.4. The van der Waals surface area contributed by atoms with Gasteiger partial charge in [0, 0.05) is 12.3 Å². The fourth-order valence-corrected chi connectivity index (χ4v) is 4.77. The normalized spacial score (nSPS) is 23.9. The second-order valence-corrected chi connectivity index (χ2v) is 8.02. The molecule has 0 aromatic heterocycles. The van der Waals surface area contributed by atoms with Gasteiger partial charge in [0.2, 0.25) is 0 Å². The van der Waals surface area contributed by atoms with Gasteiger partial charge >= 0.3 is 0 Å². The van der Waals surface area contributed by atoms with E-state index >= 15 is 0 Å². The lowest BCUT2D eigenvalue weighted by molar-refractivity contribution is -0.120. The minimum absolute atomic E-state index is 0.225. The molecule has 2 atom stereocenters. The first-order valence-electron chi connectivity index (χ1n) is 10.1. The lowest BCUT2D eigenvalue weighted by atomic mass is 9.79. The van der Waals surface area contributed by atoms with Gasteiger partial charge in [0.15, 0.2) is 0 Å². The smallest absolute Gasteiger partial charge is 0.136 e. The van der Waals surface area contributed by atoms with E-state index in [4.69, 9.17) is 4.74 Å². The fraction of sp³-hybridized carbons (Fsp3) is 0.458. The van der Waals surface area contributed by atoms with Crippen LogP contribution in [-0.4, -0.2) is 5.78 Å². The Kier molecular flexibility index (Phi) is 5.38. The van der Waals surface area contributed by atoms with Crippen molar-refractivity contribution in [1.82, 2.24) is 0 Å². The van der Waals surface area contributed by atoms with Crippen LogP contribution in [0.4, 0.5) is 0 Å². The monoisotopic (exact) mass is 348 g/mol. The first-order chi connectivity index (χ1) is 12.8. The highest BCUT2D eigenvalue weighted by Gasteiger charge is 2.36. The third-order valence-corrected chi connectivity index (χ3v) is 6.21. The van der Waals surface area contributed by atoms with Crippen LogP contribution in [0.2, 0.25) is 0 Å². The van der Waals surface area contributed by atoms with Crippen molar-refractivity contribution in [1.29, 1.82) is 0 Å². The first-order valence-corrected chi connectivity index (χ1v) is 10.1. The van der Waals surface area contributed by atoms with Crippen LogP contribution in [0.1, 0.15) is 50.5 Å². The standard InChI is InChI=1S/C24H28O2/c25-24-17-20(19-7-3-1-4-8-19)16-21(24)15-18-11-13-23(14-12-18)26-22-9-5-2-6-10-22/h2,5-6,9-14,19-21H,1,3-4,7-8,15-17H2. The molecule has 2 fully saturated rings. The van der Waals surface area contributed by atoms with E-state index in [1.165, 1.54) is 37.7 Å². The summed E-state index contributed by atoms with van der Waals surface area (Å²) in [6.45, 7) is 0. The molecule has 0 saturated heterocycles. The van der Waals surface area contributed by atoms with Crippen LogP contribution in [-0.2, 0) is 11.2 Å². The summed E-state index contributed by atoms with van der Waals surface area (Å²) in [5.41, 5.74) is 1.24. The molecule has 2 aromatic rings. The zero-order chi connectivity index (χ0) is 17.8. The molecule has 0 amide bonds. The number of para-hydroxylation sites is 1. The highest BCUT2D eigenvalue weighted by atomic mass is 16.5. The van der Waals surface area contributed by atoms with Gasteiger partial charge in [0.25, 0.3) is 0 Å². The molecular weight excluding hydrogens is 320 g/mol. The average molecular weight is 348 g/mol. The highest BCUT2D eigenvalue weighted by molar-refractivity contribution is 5.83. The molecule has 2 unspecified atom stereocenters. The van der Waals surface area contributed by atoms with E-state index in [0.29, 0.717) is 11.7 Å². The van der Waals surface area contributed by atoms with Gasteiger partial charge in [-0.15, -0.1) is 0 Å². The molecule has 0 aliphatic heterocycles. The van der Waals surface area contributed by atoms with Gasteiger partial charge < -0.3 is 4.74 Å². The number of hydrogen-bond acceptors (Lipinski definition) is 2. The number of ketones is 1. The largest absolute Gasteiger partial charge is 0.457 e. The summed E-state index contributed by atoms with van der Waals surface area (Å²) in [6.07, 6.45) is 9.61. The molecule has 4 rings (SSSR count). The van der Waals surface area contributed by atoms with E-state index in [-0.39, 0.29) is 5.92 Å². The van der Waals surface area contributed by atoms with E-state index in [9.17, 15) is 4.79 Å². The minimum Gasteiger partial charge on any atom is -0.457 e. The molecule has 2 saturated carbocycles. The summed E-state index contributed by atoms with van der Waals surface area (Å²) in [5.74, 6) is 3.86. The number of carbonyl (C=O) groups excluding carboxylic acids is 1. The third-order valence-electron chi connectivity index (χ3n) is 6.21. The van der Waals surface area contributed by atoms with Crippen LogP contribution in [0, 0.1) is 17.8 Å². The molecule has 2 nitrogen and oxygen atoms in total. The van der Waals surface area contributed by atoms with Crippen LogP contribution in [0.3, 0.4) is 0 Å². The van der Waals surface area contributed by atoms with Crippen molar-refractivity contribution in [2.24, 2.45) is 17.8 Å². The van der Waals surface area contributed by atoms with Gasteiger partial charge in [0.05, 0.1) is 0 Å². The third kappa shape index (κ3) is 4.17. The number of rotatable bonds is 5. The first kappa shape index (κ1) is 17.3. The Hall–Kier alpha value is -2.09. The molecule has 2 aliphatic carbocycles.